The first kappa shape index (κ1) is 17.1. The molecule has 2 aromatic heterocycles. The van der Waals surface area contributed by atoms with E-state index in [2.05, 4.69) is 4.98 Å². The molecule has 3 heterocycles. The summed E-state index contributed by atoms with van der Waals surface area (Å²) >= 11 is 1.43. The molecule has 2 aromatic rings. The van der Waals surface area contributed by atoms with Gasteiger partial charge in [0, 0.05) is 39.4 Å². The second-order valence-corrected chi connectivity index (χ2v) is 8.71. The molecule has 0 aliphatic carbocycles. The Morgan fingerprint density at radius 2 is 2.04 bits per heavy atom. The number of carbonyl (C=O) groups is 1. The number of rotatable bonds is 3. The molecule has 0 aromatic carbocycles. The standard InChI is InChI=1S/C15H20N4O3S2/c1-12-8-13(23-10-12)15(20)18-4-3-5-19(7-6-18)24(21,22)14-9-17(2)11-16-14/h8-11H,3-7H2,1-2H3. The van der Waals surface area contributed by atoms with Gasteiger partial charge in [0.2, 0.25) is 0 Å². The predicted molar refractivity (Wildman–Crippen MR) is 91.5 cm³/mol. The lowest BCUT2D eigenvalue weighted by Gasteiger charge is -2.20. The van der Waals surface area contributed by atoms with Crippen molar-refractivity contribution in [3.05, 3.63) is 34.4 Å². The van der Waals surface area contributed by atoms with Gasteiger partial charge in [-0.25, -0.2) is 13.4 Å². The van der Waals surface area contributed by atoms with Crippen molar-refractivity contribution in [2.75, 3.05) is 26.2 Å². The van der Waals surface area contributed by atoms with Gasteiger partial charge in [0.15, 0.2) is 5.03 Å². The third-order valence-corrected chi connectivity index (χ3v) is 6.79. The van der Waals surface area contributed by atoms with Gasteiger partial charge in [-0.3, -0.25) is 4.79 Å². The van der Waals surface area contributed by atoms with Crippen molar-refractivity contribution in [3.8, 4) is 0 Å². The topological polar surface area (TPSA) is 75.5 Å². The summed E-state index contributed by atoms with van der Waals surface area (Å²) in [5, 5.41) is 2.00. The second kappa shape index (κ2) is 6.66. The molecule has 130 valence electrons. The van der Waals surface area contributed by atoms with E-state index in [4.69, 9.17) is 0 Å². The van der Waals surface area contributed by atoms with Crippen molar-refractivity contribution in [1.82, 2.24) is 18.8 Å². The van der Waals surface area contributed by atoms with Crippen LogP contribution in [-0.2, 0) is 17.1 Å². The van der Waals surface area contributed by atoms with Gasteiger partial charge in [-0.05, 0) is 30.4 Å². The van der Waals surface area contributed by atoms with Crippen molar-refractivity contribution < 1.29 is 13.2 Å². The summed E-state index contributed by atoms with van der Waals surface area (Å²) in [6.45, 7) is 3.59. The normalized spacial score (nSPS) is 17.0. The zero-order chi connectivity index (χ0) is 17.3. The Balaban J connectivity index is 1.72. The van der Waals surface area contributed by atoms with Crippen LogP contribution in [0.25, 0.3) is 0 Å². The SMILES string of the molecule is Cc1csc(C(=O)N2CCCN(S(=O)(=O)c3cn(C)cn3)CC2)c1. The number of aryl methyl sites for hydroxylation is 2. The van der Waals surface area contributed by atoms with Crippen LogP contribution in [0.1, 0.15) is 21.7 Å². The third-order valence-electron chi connectivity index (χ3n) is 3.97. The Morgan fingerprint density at radius 1 is 1.25 bits per heavy atom. The van der Waals surface area contributed by atoms with E-state index in [0.717, 1.165) is 5.56 Å². The Labute approximate surface area is 145 Å². The lowest BCUT2D eigenvalue weighted by Crippen LogP contribution is -2.37. The van der Waals surface area contributed by atoms with Gasteiger partial charge in [-0.2, -0.15) is 4.31 Å². The van der Waals surface area contributed by atoms with Gasteiger partial charge < -0.3 is 9.47 Å². The summed E-state index contributed by atoms with van der Waals surface area (Å²) in [6, 6.07) is 1.88. The quantitative estimate of drug-likeness (QED) is 0.819. The molecule has 0 saturated carbocycles. The highest BCUT2D eigenvalue weighted by Crippen LogP contribution is 2.19. The van der Waals surface area contributed by atoms with Crippen LogP contribution in [0.4, 0.5) is 0 Å². The van der Waals surface area contributed by atoms with Crippen LogP contribution in [0, 0.1) is 6.92 Å². The molecule has 24 heavy (non-hydrogen) atoms. The molecule has 1 saturated heterocycles. The number of nitrogens with zero attached hydrogens (tertiary/aromatic N) is 4. The van der Waals surface area contributed by atoms with Crippen molar-refractivity contribution in [2.45, 2.75) is 18.4 Å². The van der Waals surface area contributed by atoms with Gasteiger partial charge in [0.05, 0.1) is 11.2 Å². The number of hydrogen-bond donors (Lipinski definition) is 0. The maximum atomic E-state index is 12.7. The highest BCUT2D eigenvalue weighted by atomic mass is 32.2. The second-order valence-electron chi connectivity index (χ2n) is 5.92. The molecule has 1 fully saturated rings. The molecule has 1 amide bonds. The van der Waals surface area contributed by atoms with Crippen LogP contribution in [0.5, 0.6) is 0 Å². The van der Waals surface area contributed by atoms with E-state index in [-0.39, 0.29) is 17.5 Å². The minimum atomic E-state index is -3.61. The predicted octanol–water partition coefficient (Wildman–Crippen LogP) is 1.33. The molecule has 0 radical (unpaired) electrons. The van der Waals surface area contributed by atoms with Crippen molar-refractivity contribution in [3.63, 3.8) is 0 Å². The minimum absolute atomic E-state index is 0.0230. The first-order valence-corrected chi connectivity index (χ1v) is 10.0. The van der Waals surface area contributed by atoms with Gasteiger partial charge in [-0.15, -0.1) is 11.3 Å². The van der Waals surface area contributed by atoms with E-state index in [1.807, 2.05) is 18.4 Å². The molecule has 0 N–H and O–H groups in total. The van der Waals surface area contributed by atoms with Crippen LogP contribution in [0.2, 0.25) is 0 Å². The highest BCUT2D eigenvalue weighted by Gasteiger charge is 2.30. The molecule has 1 aliphatic rings. The summed E-state index contributed by atoms with van der Waals surface area (Å²) in [5.74, 6) is -0.0230. The molecule has 3 rings (SSSR count). The first-order chi connectivity index (χ1) is 11.4. The molecule has 7 nitrogen and oxygen atoms in total. The Kier molecular flexibility index (Phi) is 4.75. The Hall–Kier alpha value is -1.71. The molecular weight excluding hydrogens is 348 g/mol. The fourth-order valence-electron chi connectivity index (χ4n) is 2.69. The fourth-order valence-corrected chi connectivity index (χ4v) is 4.99. The van der Waals surface area contributed by atoms with Crippen molar-refractivity contribution >= 4 is 27.3 Å². The summed E-state index contributed by atoms with van der Waals surface area (Å²) in [6.07, 6.45) is 3.58. The summed E-state index contributed by atoms with van der Waals surface area (Å²) in [7, 11) is -1.87. The number of sulfonamides is 1. The number of imidazole rings is 1. The number of carbonyl (C=O) groups excluding carboxylic acids is 1. The number of aromatic nitrogens is 2. The molecular formula is C15H20N4O3S2. The van der Waals surface area contributed by atoms with E-state index < -0.39 is 10.0 Å². The van der Waals surface area contributed by atoms with E-state index >= 15 is 0 Å². The summed E-state index contributed by atoms with van der Waals surface area (Å²) < 4.78 is 28.3. The van der Waals surface area contributed by atoms with Crippen LogP contribution < -0.4 is 0 Å². The first-order valence-electron chi connectivity index (χ1n) is 7.70. The van der Waals surface area contributed by atoms with Crippen LogP contribution >= 0.6 is 11.3 Å². The molecule has 0 spiro atoms. The van der Waals surface area contributed by atoms with Gasteiger partial charge in [0.1, 0.15) is 0 Å². The average molecular weight is 368 g/mol. The Bertz CT molecular complexity index is 841. The highest BCUT2D eigenvalue weighted by molar-refractivity contribution is 7.89. The van der Waals surface area contributed by atoms with Gasteiger partial charge in [-0.1, -0.05) is 0 Å². The number of amides is 1. The minimum Gasteiger partial charge on any atom is -0.339 e. The maximum absolute atomic E-state index is 12.7. The molecule has 0 unspecified atom stereocenters. The number of thiophene rings is 1. The van der Waals surface area contributed by atoms with E-state index in [0.29, 0.717) is 30.9 Å². The van der Waals surface area contributed by atoms with Crippen LogP contribution in [-0.4, -0.2) is 59.3 Å². The van der Waals surface area contributed by atoms with Crippen molar-refractivity contribution in [2.24, 2.45) is 7.05 Å². The average Bonchev–Trinajstić information content (AvgIpc) is 3.08. The molecule has 0 bridgehead atoms. The Morgan fingerprint density at radius 3 is 2.67 bits per heavy atom. The van der Waals surface area contributed by atoms with Gasteiger partial charge in [0.25, 0.3) is 15.9 Å². The van der Waals surface area contributed by atoms with Gasteiger partial charge >= 0.3 is 0 Å². The zero-order valence-electron chi connectivity index (χ0n) is 13.7. The fraction of sp³-hybridized carbons (Fsp3) is 0.467. The van der Waals surface area contributed by atoms with E-state index in [9.17, 15) is 13.2 Å². The zero-order valence-corrected chi connectivity index (χ0v) is 15.3. The van der Waals surface area contributed by atoms with Crippen LogP contribution in [0.15, 0.2) is 29.0 Å². The summed E-state index contributed by atoms with van der Waals surface area (Å²) in [5.41, 5.74) is 1.07. The summed E-state index contributed by atoms with van der Waals surface area (Å²) in [4.78, 5) is 18.9. The smallest absolute Gasteiger partial charge is 0.263 e. The van der Waals surface area contributed by atoms with E-state index in [1.165, 1.54) is 28.2 Å². The molecule has 0 atom stereocenters. The van der Waals surface area contributed by atoms with Crippen molar-refractivity contribution in [1.29, 1.82) is 0 Å². The largest absolute Gasteiger partial charge is 0.339 e. The number of hydrogen-bond acceptors (Lipinski definition) is 5. The lowest BCUT2D eigenvalue weighted by molar-refractivity contribution is 0.0769. The van der Waals surface area contributed by atoms with Crippen LogP contribution in [0.3, 0.4) is 0 Å². The third kappa shape index (κ3) is 3.38. The maximum Gasteiger partial charge on any atom is 0.263 e. The molecule has 1 aliphatic heterocycles. The monoisotopic (exact) mass is 368 g/mol. The lowest BCUT2D eigenvalue weighted by atomic mass is 10.3. The van der Waals surface area contributed by atoms with E-state index in [1.54, 1.807) is 16.5 Å². The molecule has 9 heteroatoms.